The SMILES string of the molecule is NCCC(Sc1ncn[nH]1)C(F)(F)F. The lowest BCUT2D eigenvalue weighted by atomic mass is 10.3. The van der Waals surface area contributed by atoms with Crippen LogP contribution in [0.5, 0.6) is 0 Å². The third kappa shape index (κ3) is 3.18. The highest BCUT2D eigenvalue weighted by Crippen LogP contribution is 2.35. The smallest absolute Gasteiger partial charge is 0.330 e. The van der Waals surface area contributed by atoms with Crippen molar-refractivity contribution in [3.63, 3.8) is 0 Å². The summed E-state index contributed by atoms with van der Waals surface area (Å²) in [5, 5.41) is 4.45. The third-order valence-electron chi connectivity index (χ3n) is 1.44. The maximum Gasteiger partial charge on any atom is 0.401 e. The lowest BCUT2D eigenvalue weighted by Crippen LogP contribution is -2.28. The van der Waals surface area contributed by atoms with E-state index >= 15 is 0 Å². The van der Waals surface area contributed by atoms with Gasteiger partial charge in [-0.05, 0) is 13.0 Å². The molecule has 0 spiro atoms. The molecule has 1 unspecified atom stereocenters. The Labute approximate surface area is 82.5 Å². The second kappa shape index (κ2) is 4.65. The van der Waals surface area contributed by atoms with Crippen molar-refractivity contribution in [3.05, 3.63) is 6.33 Å². The standard InChI is InChI=1S/C6H9F3N4S/c7-6(8,9)4(1-2-10)14-5-11-3-12-13-5/h3-4H,1-2,10H2,(H,11,12,13). The van der Waals surface area contributed by atoms with Crippen LogP contribution in [0.1, 0.15) is 6.42 Å². The summed E-state index contributed by atoms with van der Waals surface area (Å²) in [5.74, 6) is 0. The Bertz CT molecular complexity index is 261. The number of nitrogens with one attached hydrogen (secondary N) is 1. The Balaban J connectivity index is 2.60. The van der Waals surface area contributed by atoms with Crippen molar-refractivity contribution in [2.75, 3.05) is 6.54 Å². The van der Waals surface area contributed by atoms with Gasteiger partial charge in [0.2, 0.25) is 0 Å². The fourth-order valence-electron chi connectivity index (χ4n) is 0.827. The van der Waals surface area contributed by atoms with Crippen LogP contribution in [-0.4, -0.2) is 33.2 Å². The van der Waals surface area contributed by atoms with Crippen LogP contribution < -0.4 is 5.73 Å². The molecule has 0 aliphatic carbocycles. The molecule has 4 nitrogen and oxygen atoms in total. The maximum atomic E-state index is 12.4. The average molecular weight is 226 g/mol. The zero-order chi connectivity index (χ0) is 10.6. The van der Waals surface area contributed by atoms with Crippen molar-refractivity contribution in [3.8, 4) is 0 Å². The number of hydrogen-bond acceptors (Lipinski definition) is 4. The van der Waals surface area contributed by atoms with Crippen molar-refractivity contribution >= 4 is 11.8 Å². The van der Waals surface area contributed by atoms with Gasteiger partial charge in [0.1, 0.15) is 11.6 Å². The van der Waals surface area contributed by atoms with E-state index in [0.29, 0.717) is 11.8 Å². The molecule has 8 heteroatoms. The predicted molar refractivity (Wildman–Crippen MR) is 45.8 cm³/mol. The van der Waals surface area contributed by atoms with Gasteiger partial charge in [-0.1, -0.05) is 11.8 Å². The van der Waals surface area contributed by atoms with Crippen molar-refractivity contribution in [1.82, 2.24) is 15.2 Å². The van der Waals surface area contributed by atoms with Crippen LogP contribution in [0.4, 0.5) is 13.2 Å². The van der Waals surface area contributed by atoms with Crippen LogP contribution in [0.15, 0.2) is 11.5 Å². The normalized spacial score (nSPS) is 14.3. The van der Waals surface area contributed by atoms with E-state index in [1.165, 1.54) is 0 Å². The Morgan fingerprint density at radius 3 is 2.71 bits per heavy atom. The first-order chi connectivity index (χ1) is 6.54. The summed E-state index contributed by atoms with van der Waals surface area (Å²) in [4.78, 5) is 3.61. The number of hydrogen-bond donors (Lipinski definition) is 2. The molecule has 0 aromatic carbocycles. The second-order valence-corrected chi connectivity index (χ2v) is 3.71. The first-order valence-corrected chi connectivity index (χ1v) is 4.71. The van der Waals surface area contributed by atoms with Gasteiger partial charge in [0.05, 0.1) is 0 Å². The van der Waals surface area contributed by atoms with Gasteiger partial charge in [-0.3, -0.25) is 5.10 Å². The molecule has 1 aromatic heterocycles. The van der Waals surface area contributed by atoms with Crippen LogP contribution in [-0.2, 0) is 0 Å². The molecule has 1 atom stereocenters. The molecule has 1 heterocycles. The zero-order valence-corrected chi connectivity index (χ0v) is 7.90. The average Bonchev–Trinajstić information content (AvgIpc) is 2.54. The van der Waals surface area contributed by atoms with Gasteiger partial charge in [0, 0.05) is 0 Å². The molecular formula is C6H9F3N4S. The highest BCUT2D eigenvalue weighted by Gasteiger charge is 2.40. The van der Waals surface area contributed by atoms with Crippen LogP contribution in [0.2, 0.25) is 0 Å². The molecule has 14 heavy (non-hydrogen) atoms. The van der Waals surface area contributed by atoms with Crippen molar-refractivity contribution in [2.45, 2.75) is 23.0 Å². The van der Waals surface area contributed by atoms with Crippen LogP contribution in [0.3, 0.4) is 0 Å². The van der Waals surface area contributed by atoms with Crippen LogP contribution >= 0.6 is 11.8 Å². The van der Waals surface area contributed by atoms with Crippen molar-refractivity contribution < 1.29 is 13.2 Å². The number of nitrogens with two attached hydrogens (primary N) is 1. The minimum Gasteiger partial charge on any atom is -0.330 e. The molecule has 0 saturated carbocycles. The molecule has 0 saturated heterocycles. The van der Waals surface area contributed by atoms with E-state index in [2.05, 4.69) is 15.2 Å². The quantitative estimate of drug-likeness (QED) is 0.756. The Hall–Kier alpha value is -0.760. The zero-order valence-electron chi connectivity index (χ0n) is 7.08. The number of thioether (sulfide) groups is 1. The van der Waals surface area contributed by atoms with E-state index in [9.17, 15) is 13.2 Å². The summed E-state index contributed by atoms with van der Waals surface area (Å²) in [7, 11) is 0. The monoisotopic (exact) mass is 226 g/mol. The van der Waals surface area contributed by atoms with Crippen LogP contribution in [0.25, 0.3) is 0 Å². The Morgan fingerprint density at radius 1 is 1.57 bits per heavy atom. The molecule has 1 rings (SSSR count). The van der Waals surface area contributed by atoms with Gasteiger partial charge in [-0.25, -0.2) is 4.98 Å². The summed E-state index contributed by atoms with van der Waals surface area (Å²) >= 11 is 0.593. The molecular weight excluding hydrogens is 217 g/mol. The summed E-state index contributed by atoms with van der Waals surface area (Å²) in [6, 6.07) is 0. The van der Waals surface area contributed by atoms with Crippen molar-refractivity contribution in [2.24, 2.45) is 5.73 Å². The van der Waals surface area contributed by atoms with Crippen molar-refractivity contribution in [1.29, 1.82) is 0 Å². The van der Waals surface area contributed by atoms with Gasteiger partial charge in [-0.15, -0.1) is 0 Å². The molecule has 3 N–H and O–H groups in total. The minimum atomic E-state index is -4.27. The minimum absolute atomic E-state index is 0.00862. The number of H-pyrrole nitrogens is 1. The van der Waals surface area contributed by atoms with Crippen LogP contribution in [0, 0.1) is 0 Å². The fourth-order valence-corrected chi connectivity index (χ4v) is 1.70. The van der Waals surface area contributed by atoms with Gasteiger partial charge < -0.3 is 5.73 Å². The molecule has 0 aliphatic rings. The highest BCUT2D eigenvalue weighted by atomic mass is 32.2. The lowest BCUT2D eigenvalue weighted by Gasteiger charge is -2.17. The largest absolute Gasteiger partial charge is 0.401 e. The first-order valence-electron chi connectivity index (χ1n) is 3.83. The fraction of sp³-hybridized carbons (Fsp3) is 0.667. The molecule has 0 bridgehead atoms. The maximum absolute atomic E-state index is 12.4. The number of nitrogens with zero attached hydrogens (tertiary/aromatic N) is 2. The second-order valence-electron chi connectivity index (χ2n) is 2.52. The van der Waals surface area contributed by atoms with E-state index in [4.69, 9.17) is 5.73 Å². The number of rotatable bonds is 4. The third-order valence-corrected chi connectivity index (χ3v) is 2.65. The molecule has 1 aromatic rings. The Kier molecular flexibility index (Phi) is 3.76. The van der Waals surface area contributed by atoms with E-state index in [1.54, 1.807) is 0 Å². The van der Waals surface area contributed by atoms with Gasteiger partial charge in [0.15, 0.2) is 5.16 Å². The Morgan fingerprint density at radius 2 is 2.29 bits per heavy atom. The van der Waals surface area contributed by atoms with E-state index in [0.717, 1.165) is 6.33 Å². The molecule has 0 fully saturated rings. The first kappa shape index (κ1) is 11.3. The number of aromatic nitrogens is 3. The lowest BCUT2D eigenvalue weighted by molar-refractivity contribution is -0.129. The predicted octanol–water partition coefficient (Wildman–Crippen LogP) is 1.18. The van der Waals surface area contributed by atoms with E-state index in [1.807, 2.05) is 0 Å². The molecule has 0 amide bonds. The topological polar surface area (TPSA) is 67.6 Å². The number of halogens is 3. The van der Waals surface area contributed by atoms with E-state index in [-0.39, 0.29) is 18.1 Å². The van der Waals surface area contributed by atoms with Gasteiger partial charge in [0.25, 0.3) is 0 Å². The number of aromatic amines is 1. The molecule has 0 aliphatic heterocycles. The number of alkyl halides is 3. The van der Waals surface area contributed by atoms with Gasteiger partial charge >= 0.3 is 6.18 Å². The molecule has 80 valence electrons. The van der Waals surface area contributed by atoms with Gasteiger partial charge in [-0.2, -0.15) is 18.3 Å². The summed E-state index contributed by atoms with van der Waals surface area (Å²) in [6.45, 7) is -0.00862. The molecule has 0 radical (unpaired) electrons. The van der Waals surface area contributed by atoms with E-state index < -0.39 is 11.4 Å². The summed E-state index contributed by atoms with van der Waals surface area (Å²) in [6.07, 6.45) is -3.23. The summed E-state index contributed by atoms with van der Waals surface area (Å²) < 4.78 is 37.1. The summed E-state index contributed by atoms with van der Waals surface area (Å²) in [5.41, 5.74) is 5.10. The highest BCUT2D eigenvalue weighted by molar-refractivity contribution is 7.99.